The number of morpholine rings is 1. The molecule has 0 bridgehead atoms. The molecule has 2 aliphatic rings. The van der Waals surface area contributed by atoms with Crippen molar-refractivity contribution in [3.05, 3.63) is 30.7 Å². The number of aromatic nitrogens is 2. The number of fused-ring (bicyclic) bond motifs is 1. The van der Waals surface area contributed by atoms with Crippen molar-refractivity contribution in [2.24, 2.45) is 0 Å². The molecule has 0 aliphatic carbocycles. The number of benzene rings is 1. The molecule has 28 heavy (non-hydrogen) atoms. The van der Waals surface area contributed by atoms with Crippen molar-refractivity contribution in [1.29, 1.82) is 0 Å². The molecule has 1 aromatic carbocycles. The van der Waals surface area contributed by atoms with Crippen LogP contribution in [0.25, 0.3) is 0 Å². The normalized spacial score (nSPS) is 17.3. The fourth-order valence-corrected chi connectivity index (χ4v) is 4.31. The Morgan fingerprint density at radius 2 is 1.86 bits per heavy atom. The van der Waals surface area contributed by atoms with Crippen molar-refractivity contribution in [3.63, 3.8) is 0 Å². The molecule has 1 aromatic heterocycles. The minimum atomic E-state index is -3.69. The number of sulfonamides is 1. The Balaban J connectivity index is 1.40. The lowest BCUT2D eigenvalue weighted by molar-refractivity contribution is -0.116. The first kappa shape index (κ1) is 18.7. The number of anilines is 1. The minimum absolute atomic E-state index is 0.0694. The summed E-state index contributed by atoms with van der Waals surface area (Å²) in [6.07, 6.45) is 2.69. The van der Waals surface area contributed by atoms with Crippen LogP contribution in [0, 0.1) is 0 Å². The third kappa shape index (κ3) is 3.96. The zero-order valence-corrected chi connectivity index (χ0v) is 15.9. The van der Waals surface area contributed by atoms with Gasteiger partial charge in [-0.2, -0.15) is 4.31 Å². The van der Waals surface area contributed by atoms with Crippen LogP contribution in [0.4, 0.5) is 5.69 Å². The van der Waals surface area contributed by atoms with Crippen LogP contribution in [0.5, 0.6) is 11.5 Å². The van der Waals surface area contributed by atoms with Gasteiger partial charge in [-0.1, -0.05) is 0 Å². The van der Waals surface area contributed by atoms with Crippen LogP contribution >= 0.6 is 0 Å². The van der Waals surface area contributed by atoms with E-state index in [9.17, 15) is 13.2 Å². The quantitative estimate of drug-likeness (QED) is 0.758. The highest BCUT2D eigenvalue weighted by Crippen LogP contribution is 2.32. The first-order valence-electron chi connectivity index (χ1n) is 8.81. The van der Waals surface area contributed by atoms with Gasteiger partial charge in [-0.05, 0) is 12.1 Å². The molecular weight excluding hydrogens is 388 g/mol. The molecule has 2 aromatic rings. The van der Waals surface area contributed by atoms with Crippen LogP contribution in [-0.4, -0.2) is 67.7 Å². The van der Waals surface area contributed by atoms with Gasteiger partial charge in [-0.25, -0.2) is 13.4 Å². The van der Waals surface area contributed by atoms with Gasteiger partial charge < -0.3 is 24.1 Å². The maximum absolute atomic E-state index is 12.6. The van der Waals surface area contributed by atoms with E-state index >= 15 is 0 Å². The largest absolute Gasteiger partial charge is 0.486 e. The van der Waals surface area contributed by atoms with E-state index in [-0.39, 0.29) is 17.5 Å². The predicted molar refractivity (Wildman–Crippen MR) is 97.9 cm³/mol. The lowest BCUT2D eigenvalue weighted by Gasteiger charge is -2.24. The van der Waals surface area contributed by atoms with Gasteiger partial charge in [0.25, 0.3) is 10.0 Å². The standard InChI is InChI=1S/C17H20N4O6S/c22-16(19-13-1-2-14-15(9-13)27-8-7-26-14)10-20-11-17(18-12-20)28(23,24)21-3-5-25-6-4-21/h1-2,9,11-12H,3-8,10H2,(H,19,22). The van der Waals surface area contributed by atoms with Crippen molar-refractivity contribution in [2.45, 2.75) is 11.6 Å². The number of imidazole rings is 1. The Kier molecular flexibility index (Phi) is 5.20. The first-order chi connectivity index (χ1) is 13.5. The highest BCUT2D eigenvalue weighted by atomic mass is 32.2. The third-order valence-corrected chi connectivity index (χ3v) is 6.12. The van der Waals surface area contributed by atoms with Crippen LogP contribution in [0.3, 0.4) is 0 Å². The monoisotopic (exact) mass is 408 g/mol. The lowest BCUT2D eigenvalue weighted by atomic mass is 10.2. The molecular formula is C17H20N4O6S. The Hall–Kier alpha value is -2.63. The van der Waals surface area contributed by atoms with Gasteiger partial charge in [0.15, 0.2) is 16.5 Å². The summed E-state index contributed by atoms with van der Waals surface area (Å²) in [4.78, 5) is 16.3. The number of hydrogen-bond acceptors (Lipinski definition) is 7. The number of ether oxygens (including phenoxy) is 3. The van der Waals surface area contributed by atoms with Gasteiger partial charge in [0.05, 0.1) is 19.5 Å². The maximum Gasteiger partial charge on any atom is 0.262 e. The van der Waals surface area contributed by atoms with Gasteiger partial charge in [0.2, 0.25) is 5.91 Å². The van der Waals surface area contributed by atoms with Crippen LogP contribution in [0.2, 0.25) is 0 Å². The number of nitrogens with zero attached hydrogens (tertiary/aromatic N) is 3. The third-order valence-electron chi connectivity index (χ3n) is 4.34. The summed E-state index contributed by atoms with van der Waals surface area (Å²) in [6.45, 7) is 2.18. The van der Waals surface area contributed by atoms with Crippen LogP contribution < -0.4 is 14.8 Å². The number of amides is 1. The minimum Gasteiger partial charge on any atom is -0.486 e. The van der Waals surface area contributed by atoms with E-state index in [0.717, 1.165) is 0 Å². The van der Waals surface area contributed by atoms with Gasteiger partial charge >= 0.3 is 0 Å². The zero-order chi connectivity index (χ0) is 19.6. The fraction of sp³-hybridized carbons (Fsp3) is 0.412. The zero-order valence-electron chi connectivity index (χ0n) is 15.0. The Bertz CT molecular complexity index is 968. The molecule has 1 saturated heterocycles. The second-order valence-corrected chi connectivity index (χ2v) is 8.19. The van der Waals surface area contributed by atoms with Crippen molar-refractivity contribution in [3.8, 4) is 11.5 Å². The van der Waals surface area contributed by atoms with Crippen LogP contribution in [0.15, 0.2) is 35.7 Å². The number of carbonyl (C=O) groups is 1. The molecule has 0 radical (unpaired) electrons. The van der Waals surface area contributed by atoms with Crippen LogP contribution in [0.1, 0.15) is 0 Å². The van der Waals surface area contributed by atoms with Crippen LogP contribution in [-0.2, 0) is 26.1 Å². The van der Waals surface area contributed by atoms with Crippen molar-refractivity contribution < 1.29 is 27.4 Å². The van der Waals surface area contributed by atoms with E-state index in [4.69, 9.17) is 14.2 Å². The van der Waals surface area contributed by atoms with E-state index in [0.29, 0.717) is 56.7 Å². The molecule has 1 fully saturated rings. The summed E-state index contributed by atoms with van der Waals surface area (Å²) < 4.78 is 44.0. The SMILES string of the molecule is O=C(Cn1cnc(S(=O)(=O)N2CCOCC2)c1)Nc1ccc2c(c1)OCCO2. The highest BCUT2D eigenvalue weighted by molar-refractivity contribution is 7.89. The summed E-state index contributed by atoms with van der Waals surface area (Å²) >= 11 is 0. The molecule has 0 saturated carbocycles. The van der Waals surface area contributed by atoms with E-state index < -0.39 is 10.0 Å². The van der Waals surface area contributed by atoms with E-state index in [1.54, 1.807) is 18.2 Å². The lowest BCUT2D eigenvalue weighted by Crippen LogP contribution is -2.40. The predicted octanol–water partition coefficient (Wildman–Crippen LogP) is 0.314. The molecule has 11 heteroatoms. The number of carbonyl (C=O) groups excluding carboxylic acids is 1. The summed E-state index contributed by atoms with van der Waals surface area (Å²) in [5, 5.41) is 2.67. The molecule has 150 valence electrons. The Morgan fingerprint density at radius 1 is 1.11 bits per heavy atom. The Labute approximate surface area is 162 Å². The van der Waals surface area contributed by atoms with Gasteiger partial charge in [-0.15, -0.1) is 0 Å². The summed E-state index contributed by atoms with van der Waals surface area (Å²) in [7, 11) is -3.69. The van der Waals surface area contributed by atoms with Gasteiger partial charge in [0, 0.05) is 31.0 Å². The summed E-state index contributed by atoms with van der Waals surface area (Å²) in [5.74, 6) is 0.895. The molecule has 10 nitrogen and oxygen atoms in total. The van der Waals surface area contributed by atoms with Gasteiger partial charge in [0.1, 0.15) is 19.8 Å². The molecule has 2 aliphatic heterocycles. The summed E-state index contributed by atoms with van der Waals surface area (Å²) in [6, 6.07) is 5.14. The molecule has 0 unspecified atom stereocenters. The van der Waals surface area contributed by atoms with E-state index in [2.05, 4.69) is 10.3 Å². The number of hydrogen-bond donors (Lipinski definition) is 1. The summed E-state index contributed by atoms with van der Waals surface area (Å²) in [5.41, 5.74) is 0.565. The molecule has 3 heterocycles. The topological polar surface area (TPSA) is 112 Å². The molecule has 4 rings (SSSR count). The Morgan fingerprint density at radius 3 is 2.64 bits per heavy atom. The van der Waals surface area contributed by atoms with Crippen molar-refractivity contribution in [2.75, 3.05) is 44.8 Å². The molecule has 1 amide bonds. The second-order valence-electron chi connectivity index (χ2n) is 6.31. The molecule has 1 N–H and O–H groups in total. The van der Waals surface area contributed by atoms with Crippen molar-refractivity contribution in [1.82, 2.24) is 13.9 Å². The van der Waals surface area contributed by atoms with Gasteiger partial charge in [-0.3, -0.25) is 4.79 Å². The fourth-order valence-electron chi connectivity index (χ4n) is 2.97. The smallest absolute Gasteiger partial charge is 0.262 e. The van der Waals surface area contributed by atoms with E-state index in [1.807, 2.05) is 0 Å². The van der Waals surface area contributed by atoms with E-state index in [1.165, 1.54) is 21.4 Å². The number of nitrogens with one attached hydrogen (secondary N) is 1. The maximum atomic E-state index is 12.6. The average molecular weight is 408 g/mol. The van der Waals surface area contributed by atoms with Crippen molar-refractivity contribution >= 4 is 21.6 Å². The second kappa shape index (κ2) is 7.78. The first-order valence-corrected chi connectivity index (χ1v) is 10.3. The number of rotatable bonds is 5. The average Bonchev–Trinajstić information content (AvgIpc) is 3.18. The highest BCUT2D eigenvalue weighted by Gasteiger charge is 2.28. The molecule has 0 spiro atoms. The molecule has 0 atom stereocenters.